The third kappa shape index (κ3) is 4.16. The molecule has 0 saturated carbocycles. The van der Waals surface area contributed by atoms with Gasteiger partial charge in [-0.15, -0.1) is 0 Å². The number of allylic oxidation sites excluding steroid dienone is 1. The Morgan fingerprint density at radius 3 is 2.25 bits per heavy atom. The Morgan fingerprint density at radius 2 is 1.92 bits per heavy atom. The molecule has 0 radical (unpaired) electrons. The molecule has 0 atom stereocenters. The zero-order valence-corrected chi connectivity index (χ0v) is 8.48. The summed E-state index contributed by atoms with van der Waals surface area (Å²) in [6, 6.07) is 0. The highest BCUT2D eigenvalue weighted by atomic mass is 16.1. The average Bonchev–Trinajstić information content (AvgIpc) is 2.04. The van der Waals surface area contributed by atoms with Crippen molar-refractivity contribution in [2.75, 3.05) is 0 Å². The van der Waals surface area contributed by atoms with Gasteiger partial charge < -0.3 is 5.32 Å². The van der Waals surface area contributed by atoms with E-state index >= 15 is 0 Å². The number of rotatable bonds is 4. The van der Waals surface area contributed by atoms with Crippen LogP contribution < -0.4 is 5.32 Å². The fraction of sp³-hybridized carbons (Fsp3) is 0.700. The van der Waals surface area contributed by atoms with Gasteiger partial charge in [0.1, 0.15) is 0 Å². The maximum absolute atomic E-state index is 10.9. The lowest BCUT2D eigenvalue weighted by Gasteiger charge is -2.08. The Kier molecular flexibility index (Phi) is 5.43. The number of carbonyl (C=O) groups excluding carboxylic acids is 1. The van der Waals surface area contributed by atoms with E-state index in [1.54, 1.807) is 0 Å². The number of hydrogen-bond donors (Lipinski definition) is 1. The summed E-state index contributed by atoms with van der Waals surface area (Å²) in [5.41, 5.74) is 1.29. The van der Waals surface area contributed by atoms with Crippen molar-refractivity contribution in [3.8, 4) is 0 Å². The van der Waals surface area contributed by atoms with Crippen LogP contribution in [0.1, 0.15) is 40.5 Å². The van der Waals surface area contributed by atoms with E-state index in [1.165, 1.54) is 5.57 Å². The molecular weight excluding hydrogens is 150 g/mol. The van der Waals surface area contributed by atoms with E-state index in [0.29, 0.717) is 12.3 Å². The summed E-state index contributed by atoms with van der Waals surface area (Å²) in [6.45, 7) is 8.22. The third-order valence-corrected chi connectivity index (χ3v) is 1.89. The lowest BCUT2D eigenvalue weighted by atomic mass is 10.0. The van der Waals surface area contributed by atoms with Crippen LogP contribution in [-0.4, -0.2) is 5.91 Å². The van der Waals surface area contributed by atoms with Gasteiger partial charge in [0.25, 0.3) is 0 Å². The van der Waals surface area contributed by atoms with E-state index in [4.69, 9.17) is 0 Å². The Balaban J connectivity index is 4.03. The van der Waals surface area contributed by atoms with Crippen LogP contribution in [0.25, 0.3) is 0 Å². The molecule has 0 saturated heterocycles. The fourth-order valence-corrected chi connectivity index (χ4v) is 0.952. The molecule has 0 fully saturated rings. The molecule has 1 N–H and O–H groups in total. The predicted octanol–water partition coefficient (Wildman–Crippen LogP) is 2.46. The van der Waals surface area contributed by atoms with Crippen LogP contribution in [0.2, 0.25) is 0 Å². The maximum Gasteiger partial charge on any atom is 0.223 e. The van der Waals surface area contributed by atoms with E-state index < -0.39 is 0 Å². The van der Waals surface area contributed by atoms with Crippen molar-refractivity contribution in [3.63, 3.8) is 0 Å². The second-order valence-electron chi connectivity index (χ2n) is 3.15. The third-order valence-electron chi connectivity index (χ3n) is 1.89. The van der Waals surface area contributed by atoms with Gasteiger partial charge in [-0.1, -0.05) is 33.3 Å². The Hall–Kier alpha value is -0.790. The van der Waals surface area contributed by atoms with Gasteiger partial charge in [0, 0.05) is 12.6 Å². The van der Waals surface area contributed by atoms with Crippen LogP contribution in [0, 0.1) is 5.92 Å². The van der Waals surface area contributed by atoms with Crippen molar-refractivity contribution in [2.45, 2.75) is 40.5 Å². The van der Waals surface area contributed by atoms with Gasteiger partial charge in [0.05, 0.1) is 0 Å². The van der Waals surface area contributed by atoms with Crippen LogP contribution >= 0.6 is 0 Å². The van der Waals surface area contributed by atoms with Crippen molar-refractivity contribution in [1.29, 1.82) is 0 Å². The number of carbonyl (C=O) groups is 1. The highest BCUT2D eigenvalue weighted by Crippen LogP contribution is 2.11. The molecule has 0 aliphatic rings. The highest BCUT2D eigenvalue weighted by Gasteiger charge is 2.00. The summed E-state index contributed by atoms with van der Waals surface area (Å²) in [7, 11) is 0. The van der Waals surface area contributed by atoms with E-state index in [9.17, 15) is 4.79 Å². The summed E-state index contributed by atoms with van der Waals surface area (Å²) < 4.78 is 0. The minimum absolute atomic E-state index is 0.0848. The minimum Gasteiger partial charge on any atom is -0.333 e. The molecule has 2 heteroatoms. The SMILES string of the molecule is CCC(=O)N/C=C(/CC)C(C)C. The first-order chi connectivity index (χ1) is 5.61. The monoisotopic (exact) mass is 169 g/mol. The Morgan fingerprint density at radius 1 is 1.33 bits per heavy atom. The molecule has 12 heavy (non-hydrogen) atoms. The highest BCUT2D eigenvalue weighted by molar-refractivity contribution is 5.76. The molecule has 0 aromatic heterocycles. The molecule has 0 aliphatic carbocycles. The topological polar surface area (TPSA) is 29.1 Å². The normalized spacial score (nSPS) is 11.9. The summed E-state index contributed by atoms with van der Waals surface area (Å²) in [5.74, 6) is 0.605. The van der Waals surface area contributed by atoms with E-state index in [1.807, 2.05) is 13.1 Å². The minimum atomic E-state index is 0.0848. The van der Waals surface area contributed by atoms with Gasteiger partial charge in [0.2, 0.25) is 5.91 Å². The molecule has 0 heterocycles. The second kappa shape index (κ2) is 5.81. The van der Waals surface area contributed by atoms with Crippen LogP contribution in [0.15, 0.2) is 11.8 Å². The molecule has 0 aliphatic heterocycles. The molecule has 1 amide bonds. The summed E-state index contributed by atoms with van der Waals surface area (Å²) >= 11 is 0. The first-order valence-electron chi connectivity index (χ1n) is 4.60. The van der Waals surface area contributed by atoms with Crippen molar-refractivity contribution in [3.05, 3.63) is 11.8 Å². The number of nitrogens with one attached hydrogen (secondary N) is 1. The zero-order chi connectivity index (χ0) is 9.56. The number of amides is 1. The van der Waals surface area contributed by atoms with Crippen molar-refractivity contribution < 1.29 is 4.79 Å². The molecule has 0 bridgehead atoms. The van der Waals surface area contributed by atoms with Crippen LogP contribution in [-0.2, 0) is 4.79 Å². The van der Waals surface area contributed by atoms with Gasteiger partial charge in [-0.25, -0.2) is 0 Å². The van der Waals surface area contributed by atoms with Crippen molar-refractivity contribution >= 4 is 5.91 Å². The molecule has 0 rings (SSSR count). The first-order valence-corrected chi connectivity index (χ1v) is 4.60. The second-order valence-corrected chi connectivity index (χ2v) is 3.15. The lowest BCUT2D eigenvalue weighted by Crippen LogP contribution is -2.16. The molecular formula is C10H19NO. The Bertz CT molecular complexity index is 171. The van der Waals surface area contributed by atoms with Gasteiger partial charge in [-0.05, 0) is 12.3 Å². The smallest absolute Gasteiger partial charge is 0.223 e. The fourth-order valence-electron chi connectivity index (χ4n) is 0.952. The summed E-state index contributed by atoms with van der Waals surface area (Å²) in [4.78, 5) is 10.9. The molecule has 0 spiro atoms. The summed E-state index contributed by atoms with van der Waals surface area (Å²) in [5, 5.41) is 2.76. The van der Waals surface area contributed by atoms with Crippen molar-refractivity contribution in [1.82, 2.24) is 5.32 Å². The van der Waals surface area contributed by atoms with Crippen molar-refractivity contribution in [2.24, 2.45) is 5.92 Å². The summed E-state index contributed by atoms with van der Waals surface area (Å²) in [6.07, 6.45) is 3.39. The lowest BCUT2D eigenvalue weighted by molar-refractivity contribution is -0.119. The zero-order valence-electron chi connectivity index (χ0n) is 8.48. The van der Waals surface area contributed by atoms with Crippen LogP contribution in [0.5, 0.6) is 0 Å². The van der Waals surface area contributed by atoms with E-state index in [0.717, 1.165) is 6.42 Å². The van der Waals surface area contributed by atoms with Crippen LogP contribution in [0.3, 0.4) is 0 Å². The molecule has 0 aromatic rings. The molecule has 2 nitrogen and oxygen atoms in total. The van der Waals surface area contributed by atoms with Gasteiger partial charge in [0.15, 0.2) is 0 Å². The van der Waals surface area contributed by atoms with Gasteiger partial charge in [-0.3, -0.25) is 4.79 Å². The van der Waals surface area contributed by atoms with Gasteiger partial charge in [-0.2, -0.15) is 0 Å². The molecule has 70 valence electrons. The largest absolute Gasteiger partial charge is 0.333 e. The van der Waals surface area contributed by atoms with Gasteiger partial charge >= 0.3 is 0 Å². The quantitative estimate of drug-likeness (QED) is 0.688. The van der Waals surface area contributed by atoms with Crippen LogP contribution in [0.4, 0.5) is 0 Å². The number of hydrogen-bond acceptors (Lipinski definition) is 1. The van der Waals surface area contributed by atoms with E-state index in [2.05, 4.69) is 26.1 Å². The first kappa shape index (κ1) is 11.2. The molecule has 0 unspecified atom stereocenters. The van der Waals surface area contributed by atoms with E-state index in [-0.39, 0.29) is 5.91 Å². The maximum atomic E-state index is 10.9. The predicted molar refractivity (Wildman–Crippen MR) is 51.6 cm³/mol. The molecule has 0 aromatic carbocycles. The Labute approximate surface area is 75.0 Å². The standard InChI is InChI=1S/C10H19NO/c1-5-9(8(3)4)7-11-10(12)6-2/h7-8H,5-6H2,1-4H3,(H,11,12)/b9-7-. The average molecular weight is 169 g/mol.